The molecule has 2 saturated carbocycles. The molecule has 2 fully saturated rings. The molecule has 0 heterocycles. The van der Waals surface area contributed by atoms with Crippen molar-refractivity contribution in [3.63, 3.8) is 0 Å². The lowest BCUT2D eigenvalue weighted by molar-refractivity contribution is 0.0164. The highest BCUT2D eigenvalue weighted by molar-refractivity contribution is 5.89. The summed E-state index contributed by atoms with van der Waals surface area (Å²) in [6, 6.07) is 8.26. The normalized spacial score (nSPS) is 30.0. The van der Waals surface area contributed by atoms with Gasteiger partial charge in [-0.1, -0.05) is 38.8 Å². The van der Waals surface area contributed by atoms with Crippen LogP contribution in [0.2, 0.25) is 0 Å². The topological polar surface area (TPSA) is 26.3 Å². The van der Waals surface area contributed by atoms with Gasteiger partial charge in [0.05, 0.1) is 5.56 Å². The van der Waals surface area contributed by atoms with Crippen molar-refractivity contribution >= 4 is 5.97 Å². The predicted molar refractivity (Wildman–Crippen MR) is 103 cm³/mol. The molecule has 0 amide bonds. The van der Waals surface area contributed by atoms with E-state index in [0.29, 0.717) is 11.5 Å². The fourth-order valence-corrected chi connectivity index (χ4v) is 4.67. The number of rotatable bonds is 5. The van der Waals surface area contributed by atoms with Crippen molar-refractivity contribution < 1.29 is 9.53 Å². The Balaban J connectivity index is 1.51. The van der Waals surface area contributed by atoms with Gasteiger partial charge in [-0.05, 0) is 86.8 Å². The number of hydrogen-bond donors (Lipinski definition) is 0. The molecule has 1 aromatic carbocycles. The molecule has 1 aromatic rings. The average Bonchev–Trinajstić information content (AvgIpc) is 2.69. The fourth-order valence-electron chi connectivity index (χ4n) is 4.67. The lowest BCUT2D eigenvalue weighted by Crippen LogP contribution is -2.24. The van der Waals surface area contributed by atoms with Crippen molar-refractivity contribution in [2.75, 3.05) is 0 Å². The van der Waals surface area contributed by atoms with E-state index in [2.05, 4.69) is 26.0 Å². The van der Waals surface area contributed by atoms with Crippen LogP contribution in [-0.2, 0) is 4.74 Å². The molecule has 2 heteroatoms. The molecule has 138 valence electrons. The minimum Gasteiger partial charge on any atom is -0.459 e. The average molecular weight is 343 g/mol. The molecule has 0 spiro atoms. The molecule has 2 aliphatic rings. The van der Waals surface area contributed by atoms with Gasteiger partial charge >= 0.3 is 5.97 Å². The summed E-state index contributed by atoms with van der Waals surface area (Å²) in [6.07, 6.45) is 12.5. The molecular weight excluding hydrogens is 308 g/mol. The van der Waals surface area contributed by atoms with Crippen molar-refractivity contribution in [1.29, 1.82) is 0 Å². The van der Waals surface area contributed by atoms with Gasteiger partial charge in [-0.2, -0.15) is 0 Å². The molecule has 0 aromatic heterocycles. The molecular formula is C23H34O2. The van der Waals surface area contributed by atoms with Crippen molar-refractivity contribution in [3.8, 4) is 0 Å². The van der Waals surface area contributed by atoms with Crippen LogP contribution in [0.15, 0.2) is 24.3 Å². The van der Waals surface area contributed by atoms with Gasteiger partial charge in [0.1, 0.15) is 6.10 Å². The van der Waals surface area contributed by atoms with Gasteiger partial charge in [-0.25, -0.2) is 4.79 Å². The van der Waals surface area contributed by atoms with Gasteiger partial charge in [0.15, 0.2) is 0 Å². The maximum absolute atomic E-state index is 12.4. The zero-order chi connectivity index (χ0) is 17.6. The summed E-state index contributed by atoms with van der Waals surface area (Å²) in [5.41, 5.74) is 2.11. The first-order chi connectivity index (χ1) is 12.2. The van der Waals surface area contributed by atoms with Crippen LogP contribution in [0.3, 0.4) is 0 Å². The maximum Gasteiger partial charge on any atom is 0.338 e. The minimum atomic E-state index is -0.138. The van der Waals surface area contributed by atoms with Crippen LogP contribution in [-0.4, -0.2) is 12.1 Å². The van der Waals surface area contributed by atoms with Crippen LogP contribution in [0, 0.1) is 11.8 Å². The zero-order valence-corrected chi connectivity index (χ0v) is 16.0. The molecule has 0 aliphatic heterocycles. The van der Waals surface area contributed by atoms with Gasteiger partial charge in [-0.3, -0.25) is 0 Å². The third-order valence-electron chi connectivity index (χ3n) is 6.69. The Kier molecular flexibility index (Phi) is 6.56. The quantitative estimate of drug-likeness (QED) is 0.571. The van der Waals surface area contributed by atoms with Gasteiger partial charge in [0.25, 0.3) is 0 Å². The highest BCUT2D eigenvalue weighted by Gasteiger charge is 2.24. The van der Waals surface area contributed by atoms with Crippen LogP contribution < -0.4 is 0 Å². The molecule has 25 heavy (non-hydrogen) atoms. The number of ether oxygens (including phenoxy) is 1. The summed E-state index contributed by atoms with van der Waals surface area (Å²) >= 11 is 0. The van der Waals surface area contributed by atoms with Crippen LogP contribution in [0.4, 0.5) is 0 Å². The van der Waals surface area contributed by atoms with E-state index in [4.69, 9.17) is 4.74 Å². The highest BCUT2D eigenvalue weighted by atomic mass is 16.5. The number of carbonyl (C=O) groups is 1. The Labute approximate surface area is 153 Å². The number of benzene rings is 1. The van der Waals surface area contributed by atoms with E-state index in [1.165, 1.54) is 56.9 Å². The second-order valence-corrected chi connectivity index (χ2v) is 8.20. The van der Waals surface area contributed by atoms with Crippen LogP contribution in [0.25, 0.3) is 0 Å². The first kappa shape index (κ1) is 18.5. The molecule has 0 saturated heterocycles. The molecule has 0 unspecified atom stereocenters. The first-order valence-corrected chi connectivity index (χ1v) is 10.5. The van der Waals surface area contributed by atoms with Crippen LogP contribution in [0.1, 0.15) is 99.9 Å². The number of esters is 1. The van der Waals surface area contributed by atoms with Crippen molar-refractivity contribution in [2.45, 2.75) is 90.1 Å². The van der Waals surface area contributed by atoms with Crippen LogP contribution in [0.5, 0.6) is 0 Å². The van der Waals surface area contributed by atoms with Gasteiger partial charge < -0.3 is 4.74 Å². The van der Waals surface area contributed by atoms with E-state index in [-0.39, 0.29) is 12.1 Å². The van der Waals surface area contributed by atoms with E-state index < -0.39 is 0 Å². The first-order valence-electron chi connectivity index (χ1n) is 10.5. The number of hydrogen-bond acceptors (Lipinski definition) is 2. The lowest BCUT2D eigenvalue weighted by atomic mass is 9.78. The van der Waals surface area contributed by atoms with Crippen molar-refractivity contribution in [2.24, 2.45) is 11.8 Å². The third kappa shape index (κ3) is 4.86. The third-order valence-corrected chi connectivity index (χ3v) is 6.69. The summed E-state index contributed by atoms with van der Waals surface area (Å²) in [4.78, 5) is 12.4. The van der Waals surface area contributed by atoms with Crippen LogP contribution >= 0.6 is 0 Å². The second-order valence-electron chi connectivity index (χ2n) is 8.20. The molecule has 0 atom stereocenters. The Bertz CT molecular complexity index is 532. The molecule has 0 bridgehead atoms. The summed E-state index contributed by atoms with van der Waals surface area (Å²) in [5, 5.41) is 0. The Morgan fingerprint density at radius 2 is 1.36 bits per heavy atom. The van der Waals surface area contributed by atoms with E-state index >= 15 is 0 Å². The molecule has 0 N–H and O–H groups in total. The molecule has 0 radical (unpaired) electrons. The monoisotopic (exact) mass is 342 g/mol. The predicted octanol–water partition coefficient (Wildman–Crippen LogP) is 6.50. The maximum atomic E-state index is 12.4. The van der Waals surface area contributed by atoms with E-state index in [1.54, 1.807) is 0 Å². The van der Waals surface area contributed by atoms with Gasteiger partial charge in [0, 0.05) is 0 Å². The highest BCUT2D eigenvalue weighted by Crippen LogP contribution is 2.37. The molecule has 2 nitrogen and oxygen atoms in total. The largest absolute Gasteiger partial charge is 0.459 e. The summed E-state index contributed by atoms with van der Waals surface area (Å²) in [6.45, 7) is 4.56. The Morgan fingerprint density at radius 3 is 1.88 bits per heavy atom. The Hall–Kier alpha value is -1.31. The van der Waals surface area contributed by atoms with Crippen molar-refractivity contribution in [3.05, 3.63) is 35.4 Å². The summed E-state index contributed by atoms with van der Waals surface area (Å²) < 4.78 is 5.75. The van der Waals surface area contributed by atoms with Gasteiger partial charge in [-0.15, -0.1) is 0 Å². The minimum absolute atomic E-state index is 0.124. The summed E-state index contributed by atoms with van der Waals surface area (Å²) in [5.74, 6) is 2.30. The standard InChI is InChI=1S/C23H34O2/c1-3-17-5-9-19(10-6-17)20-11-13-21(14-12-20)23(24)25-22-15-7-18(4-2)8-16-22/h11-14,17-19,22H,3-10,15-16H2,1-2H3. The SMILES string of the molecule is CCC1CCC(OC(=O)c2ccc(C3CCC(CC)CC3)cc2)CC1. The fraction of sp³-hybridized carbons (Fsp3) is 0.696. The lowest BCUT2D eigenvalue weighted by Gasteiger charge is -2.28. The second kappa shape index (κ2) is 8.87. The van der Waals surface area contributed by atoms with E-state index in [9.17, 15) is 4.79 Å². The zero-order valence-electron chi connectivity index (χ0n) is 16.0. The molecule has 3 rings (SSSR count). The van der Waals surface area contributed by atoms with E-state index in [1.807, 2.05) is 12.1 Å². The van der Waals surface area contributed by atoms with Crippen molar-refractivity contribution in [1.82, 2.24) is 0 Å². The number of carbonyl (C=O) groups excluding carboxylic acids is 1. The summed E-state index contributed by atoms with van der Waals surface area (Å²) in [7, 11) is 0. The molecule has 2 aliphatic carbocycles. The van der Waals surface area contributed by atoms with E-state index in [0.717, 1.165) is 24.7 Å². The van der Waals surface area contributed by atoms with Gasteiger partial charge in [0.2, 0.25) is 0 Å². The Morgan fingerprint density at radius 1 is 0.840 bits per heavy atom. The smallest absolute Gasteiger partial charge is 0.338 e.